The lowest BCUT2D eigenvalue weighted by Crippen LogP contribution is -2.38. The molecule has 0 atom stereocenters. The number of amides is 2. The van der Waals surface area contributed by atoms with Gasteiger partial charge >= 0.3 is 0 Å². The second-order valence-electron chi connectivity index (χ2n) is 6.44. The van der Waals surface area contributed by atoms with Crippen molar-refractivity contribution < 1.29 is 9.59 Å². The molecule has 130 valence electrons. The first-order valence-electron chi connectivity index (χ1n) is 8.59. The maximum Gasteiger partial charge on any atom is 0.250 e. The second kappa shape index (κ2) is 7.94. The summed E-state index contributed by atoms with van der Waals surface area (Å²) in [6, 6.07) is 17.2. The number of hydrogen-bond donors (Lipinski definition) is 2. The van der Waals surface area contributed by atoms with Crippen molar-refractivity contribution in [1.82, 2.24) is 4.90 Å². The number of rotatable bonds is 5. The van der Waals surface area contributed by atoms with Crippen LogP contribution >= 0.6 is 0 Å². The van der Waals surface area contributed by atoms with Crippen molar-refractivity contribution in [3.63, 3.8) is 0 Å². The molecule has 0 bridgehead atoms. The summed E-state index contributed by atoms with van der Waals surface area (Å²) in [6.07, 6.45) is 1.63. The number of likely N-dealkylation sites (tertiary alicyclic amines) is 1. The Morgan fingerprint density at radius 2 is 1.64 bits per heavy atom. The summed E-state index contributed by atoms with van der Waals surface area (Å²) in [5.41, 5.74) is 7.49. The first-order chi connectivity index (χ1) is 12.1. The van der Waals surface area contributed by atoms with E-state index in [4.69, 9.17) is 5.73 Å². The molecule has 0 radical (unpaired) electrons. The minimum absolute atomic E-state index is 0.0342. The lowest BCUT2D eigenvalue weighted by atomic mass is 9.95. The monoisotopic (exact) mass is 337 g/mol. The summed E-state index contributed by atoms with van der Waals surface area (Å²) in [7, 11) is 0. The van der Waals surface area contributed by atoms with E-state index in [-0.39, 0.29) is 11.8 Å². The van der Waals surface area contributed by atoms with Gasteiger partial charge in [0.15, 0.2) is 0 Å². The van der Waals surface area contributed by atoms with Gasteiger partial charge in [-0.15, -0.1) is 0 Å². The Hall–Kier alpha value is -2.66. The normalized spacial score (nSPS) is 15.7. The highest BCUT2D eigenvalue weighted by Gasteiger charge is 2.25. The number of primary amides is 1. The summed E-state index contributed by atoms with van der Waals surface area (Å²) >= 11 is 0. The van der Waals surface area contributed by atoms with E-state index < -0.39 is 5.91 Å². The Kier molecular flexibility index (Phi) is 5.46. The van der Waals surface area contributed by atoms with E-state index in [1.165, 1.54) is 5.56 Å². The third-order valence-corrected chi connectivity index (χ3v) is 4.66. The Morgan fingerprint density at radius 3 is 2.32 bits per heavy atom. The fraction of sp³-hybridized carbons (Fsp3) is 0.300. The van der Waals surface area contributed by atoms with Gasteiger partial charge in [0.2, 0.25) is 5.91 Å². The predicted molar refractivity (Wildman–Crippen MR) is 98.0 cm³/mol. The number of carbonyl (C=O) groups excluding carboxylic acids is 2. The van der Waals surface area contributed by atoms with Crippen molar-refractivity contribution >= 4 is 17.5 Å². The number of hydrogen-bond acceptors (Lipinski definition) is 3. The molecule has 0 unspecified atom stereocenters. The van der Waals surface area contributed by atoms with Gasteiger partial charge in [-0.25, -0.2) is 0 Å². The van der Waals surface area contributed by atoms with Gasteiger partial charge in [0.1, 0.15) is 0 Å². The van der Waals surface area contributed by atoms with Crippen LogP contribution in [-0.4, -0.2) is 29.8 Å². The summed E-state index contributed by atoms with van der Waals surface area (Å²) in [5, 5.41) is 2.87. The molecule has 0 saturated carbocycles. The molecule has 2 aromatic rings. The fourth-order valence-corrected chi connectivity index (χ4v) is 3.24. The molecule has 0 aliphatic carbocycles. The molecule has 0 aromatic heterocycles. The summed E-state index contributed by atoms with van der Waals surface area (Å²) in [6.45, 7) is 2.70. The highest BCUT2D eigenvalue weighted by atomic mass is 16.2. The van der Waals surface area contributed by atoms with Crippen LogP contribution in [0.3, 0.4) is 0 Å². The third-order valence-electron chi connectivity index (χ3n) is 4.66. The first-order valence-corrected chi connectivity index (χ1v) is 8.59. The number of anilines is 1. The molecule has 1 fully saturated rings. The quantitative estimate of drug-likeness (QED) is 0.881. The standard InChI is InChI=1S/C20H23N3O2/c21-19(24)17-8-4-5-9-18(17)22-20(25)16-10-12-23(13-11-16)14-15-6-2-1-3-7-15/h1-9,16H,10-14H2,(H2,21,24)(H,22,25). The molecule has 5 nitrogen and oxygen atoms in total. The van der Waals surface area contributed by atoms with E-state index in [2.05, 4.69) is 22.3 Å². The molecular weight excluding hydrogens is 314 g/mol. The van der Waals surface area contributed by atoms with Crippen LogP contribution in [0.1, 0.15) is 28.8 Å². The van der Waals surface area contributed by atoms with Crippen LogP contribution in [0.2, 0.25) is 0 Å². The number of benzene rings is 2. The van der Waals surface area contributed by atoms with E-state index in [1.54, 1.807) is 24.3 Å². The highest BCUT2D eigenvalue weighted by Crippen LogP contribution is 2.22. The molecule has 2 aromatic carbocycles. The second-order valence-corrected chi connectivity index (χ2v) is 6.44. The van der Waals surface area contributed by atoms with Crippen molar-refractivity contribution in [3.05, 3.63) is 65.7 Å². The Morgan fingerprint density at radius 1 is 1.00 bits per heavy atom. The average Bonchev–Trinajstić information content (AvgIpc) is 2.63. The van der Waals surface area contributed by atoms with Crippen LogP contribution in [0.4, 0.5) is 5.69 Å². The molecule has 1 aliphatic rings. The molecule has 1 saturated heterocycles. The van der Waals surface area contributed by atoms with Gasteiger partial charge in [-0.3, -0.25) is 14.5 Å². The Bertz CT molecular complexity index is 738. The summed E-state index contributed by atoms with van der Waals surface area (Å²) in [5.74, 6) is -0.602. The first kappa shape index (κ1) is 17.2. The van der Waals surface area contributed by atoms with Gasteiger partial charge in [-0.05, 0) is 43.6 Å². The molecule has 1 heterocycles. The maximum atomic E-state index is 12.5. The van der Waals surface area contributed by atoms with Gasteiger partial charge < -0.3 is 11.1 Å². The predicted octanol–water partition coefficient (Wildman–Crippen LogP) is 2.64. The van der Waals surface area contributed by atoms with E-state index in [0.29, 0.717) is 11.3 Å². The number of piperidine rings is 1. The third kappa shape index (κ3) is 4.45. The zero-order valence-electron chi connectivity index (χ0n) is 14.2. The average molecular weight is 337 g/mol. The van der Waals surface area contributed by atoms with Crippen molar-refractivity contribution in [2.75, 3.05) is 18.4 Å². The van der Waals surface area contributed by atoms with E-state index in [1.807, 2.05) is 18.2 Å². The number of nitrogens with two attached hydrogens (primary N) is 1. The molecule has 25 heavy (non-hydrogen) atoms. The van der Waals surface area contributed by atoms with Crippen LogP contribution in [0.25, 0.3) is 0 Å². The molecule has 5 heteroatoms. The zero-order chi connectivity index (χ0) is 17.6. The number of carbonyl (C=O) groups is 2. The van der Waals surface area contributed by atoms with Crippen molar-refractivity contribution in [2.24, 2.45) is 11.7 Å². The van der Waals surface area contributed by atoms with Crippen molar-refractivity contribution in [1.29, 1.82) is 0 Å². The molecule has 2 amide bonds. The van der Waals surface area contributed by atoms with Gasteiger partial charge in [-0.1, -0.05) is 42.5 Å². The number of para-hydroxylation sites is 1. The minimum Gasteiger partial charge on any atom is -0.366 e. The lowest BCUT2D eigenvalue weighted by Gasteiger charge is -2.31. The summed E-state index contributed by atoms with van der Waals surface area (Å²) < 4.78 is 0. The van der Waals surface area contributed by atoms with Crippen molar-refractivity contribution in [3.8, 4) is 0 Å². The van der Waals surface area contributed by atoms with Crippen LogP contribution in [0, 0.1) is 5.92 Å². The van der Waals surface area contributed by atoms with Gasteiger partial charge in [0.25, 0.3) is 5.91 Å². The summed E-state index contributed by atoms with van der Waals surface area (Å²) in [4.78, 5) is 26.4. The lowest BCUT2D eigenvalue weighted by molar-refractivity contribution is -0.121. The minimum atomic E-state index is -0.534. The maximum absolute atomic E-state index is 12.5. The number of nitrogens with one attached hydrogen (secondary N) is 1. The molecule has 3 N–H and O–H groups in total. The zero-order valence-corrected chi connectivity index (χ0v) is 14.2. The van der Waals surface area contributed by atoms with Gasteiger partial charge in [0.05, 0.1) is 11.3 Å². The van der Waals surface area contributed by atoms with Crippen molar-refractivity contribution in [2.45, 2.75) is 19.4 Å². The highest BCUT2D eigenvalue weighted by molar-refractivity contribution is 6.03. The molecule has 0 spiro atoms. The van der Waals surface area contributed by atoms with Crippen LogP contribution in [0.15, 0.2) is 54.6 Å². The molecule has 3 rings (SSSR count). The fourth-order valence-electron chi connectivity index (χ4n) is 3.24. The van der Waals surface area contributed by atoms with E-state index in [0.717, 1.165) is 32.5 Å². The molecule has 1 aliphatic heterocycles. The smallest absolute Gasteiger partial charge is 0.250 e. The van der Waals surface area contributed by atoms with Crippen LogP contribution in [0.5, 0.6) is 0 Å². The van der Waals surface area contributed by atoms with E-state index in [9.17, 15) is 9.59 Å². The molecular formula is C20H23N3O2. The SMILES string of the molecule is NC(=O)c1ccccc1NC(=O)C1CCN(Cc2ccccc2)CC1. The largest absolute Gasteiger partial charge is 0.366 e. The van der Waals surface area contributed by atoms with Gasteiger partial charge in [-0.2, -0.15) is 0 Å². The van der Waals surface area contributed by atoms with Gasteiger partial charge in [0, 0.05) is 12.5 Å². The Balaban J connectivity index is 1.54. The number of nitrogens with zero attached hydrogens (tertiary/aromatic N) is 1. The van der Waals surface area contributed by atoms with Crippen LogP contribution < -0.4 is 11.1 Å². The topological polar surface area (TPSA) is 75.4 Å². The van der Waals surface area contributed by atoms with Crippen LogP contribution in [-0.2, 0) is 11.3 Å². The Labute approximate surface area is 147 Å². The van der Waals surface area contributed by atoms with E-state index >= 15 is 0 Å².